The van der Waals surface area contributed by atoms with Crippen molar-refractivity contribution in [1.82, 2.24) is 9.97 Å². The monoisotopic (exact) mass is 271 g/mol. The van der Waals surface area contributed by atoms with Gasteiger partial charge in [-0.25, -0.2) is 14.8 Å². The first-order valence-electron chi connectivity index (χ1n) is 5.34. The predicted molar refractivity (Wildman–Crippen MR) is 70.9 cm³/mol. The Balaban J connectivity index is 2.56. The third-order valence-electron chi connectivity index (χ3n) is 2.15. The zero-order chi connectivity index (χ0) is 13.6. The van der Waals surface area contributed by atoms with Gasteiger partial charge in [-0.1, -0.05) is 0 Å². The molecule has 0 amide bonds. The maximum atomic E-state index is 11.1. The van der Waals surface area contributed by atoms with E-state index >= 15 is 0 Å². The fourth-order valence-electron chi connectivity index (χ4n) is 1.27. The zero-order valence-electron chi connectivity index (χ0n) is 10.6. The average molecular weight is 271 g/mol. The van der Waals surface area contributed by atoms with Crippen LogP contribution in [0, 0.1) is 0 Å². The summed E-state index contributed by atoms with van der Waals surface area (Å²) in [6.45, 7) is 2.10. The van der Waals surface area contributed by atoms with E-state index in [1.165, 1.54) is 19.5 Å². The lowest BCUT2D eigenvalue weighted by Gasteiger charge is -2.22. The van der Waals surface area contributed by atoms with Gasteiger partial charge in [-0.15, -0.1) is 0 Å². The summed E-state index contributed by atoms with van der Waals surface area (Å²) in [6, 6.07) is 0. The van der Waals surface area contributed by atoms with Gasteiger partial charge in [-0.2, -0.15) is 11.8 Å². The topological polar surface area (TPSA) is 84.3 Å². The Morgan fingerprint density at radius 2 is 2.28 bits per heavy atom. The highest BCUT2D eigenvalue weighted by Gasteiger charge is 2.19. The number of ether oxygens (including phenoxy) is 1. The minimum atomic E-state index is -0.817. The number of hydrogen-bond acceptors (Lipinski definition) is 7. The molecule has 18 heavy (non-hydrogen) atoms. The number of methoxy groups -OCH3 is 1. The molecule has 6 nitrogen and oxygen atoms in total. The van der Waals surface area contributed by atoms with Crippen molar-refractivity contribution in [3.05, 3.63) is 18.1 Å². The molecule has 0 saturated heterocycles. The molecule has 0 aromatic carbocycles. The van der Waals surface area contributed by atoms with E-state index in [-0.39, 0.29) is 5.69 Å². The van der Waals surface area contributed by atoms with Gasteiger partial charge >= 0.3 is 5.97 Å². The lowest BCUT2D eigenvalue weighted by atomic mass is 10.1. The number of carbonyl (C=O) groups excluding carboxylic acids is 1. The summed E-state index contributed by atoms with van der Waals surface area (Å²) in [7, 11) is 1.29. The van der Waals surface area contributed by atoms with Crippen molar-refractivity contribution < 1.29 is 14.6 Å². The number of rotatable bonds is 6. The summed E-state index contributed by atoms with van der Waals surface area (Å²) in [5, 5.41) is 12.9. The van der Waals surface area contributed by atoms with Crippen LogP contribution in [0.25, 0.3) is 0 Å². The number of nitrogens with zero attached hydrogens (tertiary/aromatic N) is 2. The molecule has 0 spiro atoms. The maximum Gasteiger partial charge on any atom is 0.358 e. The number of hydrogen-bond donors (Lipinski definition) is 2. The molecule has 100 valence electrons. The molecule has 1 unspecified atom stereocenters. The van der Waals surface area contributed by atoms with Crippen molar-refractivity contribution in [2.24, 2.45) is 0 Å². The fraction of sp³-hybridized carbons (Fsp3) is 0.545. The van der Waals surface area contributed by atoms with Gasteiger partial charge < -0.3 is 15.2 Å². The molecule has 0 bridgehead atoms. The molecule has 1 aromatic rings. The maximum absolute atomic E-state index is 11.1. The second-order valence-corrected chi connectivity index (χ2v) is 4.93. The second kappa shape index (κ2) is 6.55. The zero-order valence-corrected chi connectivity index (χ0v) is 11.5. The quantitative estimate of drug-likeness (QED) is 0.740. The van der Waals surface area contributed by atoms with Crippen LogP contribution in [-0.4, -0.2) is 52.3 Å². The van der Waals surface area contributed by atoms with Crippen molar-refractivity contribution >= 4 is 23.5 Å². The molecule has 0 aliphatic carbocycles. The minimum absolute atomic E-state index is 0.152. The Bertz CT molecular complexity index is 395. The van der Waals surface area contributed by atoms with E-state index in [9.17, 15) is 9.90 Å². The number of anilines is 1. The first-order chi connectivity index (χ1) is 8.48. The summed E-state index contributed by atoms with van der Waals surface area (Å²) in [6.07, 6.45) is 4.69. The Morgan fingerprint density at radius 1 is 1.56 bits per heavy atom. The minimum Gasteiger partial charge on any atom is -0.464 e. The van der Waals surface area contributed by atoms with E-state index < -0.39 is 11.6 Å². The second-order valence-electron chi connectivity index (χ2n) is 4.06. The van der Waals surface area contributed by atoms with Crippen LogP contribution >= 0.6 is 11.8 Å². The molecule has 0 fully saturated rings. The number of aliphatic hydroxyl groups is 1. The SMILES string of the molecule is COC(=O)c1cnc(NCC(C)(O)CSC)cn1. The normalized spacial score (nSPS) is 13.8. The van der Waals surface area contributed by atoms with E-state index in [1.54, 1.807) is 18.7 Å². The summed E-state index contributed by atoms with van der Waals surface area (Å²) in [5.74, 6) is 0.598. The molecule has 1 atom stereocenters. The van der Waals surface area contributed by atoms with E-state index in [0.29, 0.717) is 18.1 Å². The molecule has 1 heterocycles. The number of aromatic nitrogens is 2. The molecule has 1 aromatic heterocycles. The third-order valence-corrected chi connectivity index (χ3v) is 3.06. The Kier molecular flexibility index (Phi) is 5.36. The number of nitrogens with one attached hydrogen (secondary N) is 1. The van der Waals surface area contributed by atoms with Gasteiger partial charge in [0.05, 0.1) is 25.1 Å². The number of esters is 1. The molecule has 7 heteroatoms. The summed E-state index contributed by atoms with van der Waals surface area (Å²) in [4.78, 5) is 19.1. The third kappa shape index (κ3) is 4.50. The van der Waals surface area contributed by atoms with E-state index in [4.69, 9.17) is 0 Å². The number of carbonyl (C=O) groups is 1. The summed E-state index contributed by atoms with van der Waals surface area (Å²) in [5.41, 5.74) is -0.666. The van der Waals surface area contributed by atoms with Gasteiger partial charge in [-0.05, 0) is 13.2 Å². The van der Waals surface area contributed by atoms with Crippen molar-refractivity contribution in [1.29, 1.82) is 0 Å². The Labute approximate surface area is 110 Å². The van der Waals surface area contributed by atoms with Crippen LogP contribution in [-0.2, 0) is 4.74 Å². The molecule has 0 radical (unpaired) electrons. The van der Waals surface area contributed by atoms with E-state index in [1.807, 2.05) is 6.26 Å². The van der Waals surface area contributed by atoms with E-state index in [0.717, 1.165) is 0 Å². The molecule has 0 aliphatic heterocycles. The first-order valence-corrected chi connectivity index (χ1v) is 6.73. The van der Waals surface area contributed by atoms with Crippen molar-refractivity contribution in [2.45, 2.75) is 12.5 Å². The molecule has 0 aliphatic rings. The highest BCUT2D eigenvalue weighted by Crippen LogP contribution is 2.11. The van der Waals surface area contributed by atoms with Crippen molar-refractivity contribution in [3.8, 4) is 0 Å². The fourth-order valence-corrected chi connectivity index (χ4v) is 2.00. The summed E-state index contributed by atoms with van der Waals surface area (Å²) < 4.78 is 4.52. The Hall–Kier alpha value is -1.34. The van der Waals surface area contributed by atoms with Gasteiger partial charge in [-0.3, -0.25) is 0 Å². The predicted octanol–water partition coefficient (Wildman–Crippen LogP) is 0.789. The van der Waals surface area contributed by atoms with Gasteiger partial charge in [0, 0.05) is 12.3 Å². The van der Waals surface area contributed by atoms with Crippen LogP contribution in [0.15, 0.2) is 12.4 Å². The van der Waals surface area contributed by atoms with Gasteiger partial charge in [0.15, 0.2) is 5.69 Å². The standard InChI is InChI=1S/C11H17N3O3S/c1-11(16,7-18-3)6-14-9-5-12-8(4-13-9)10(15)17-2/h4-5,16H,6-7H2,1-3H3,(H,13,14). The van der Waals surface area contributed by atoms with Crippen LogP contribution < -0.4 is 5.32 Å². The molecule has 1 rings (SSSR count). The molecule has 0 saturated carbocycles. The van der Waals surface area contributed by atoms with E-state index in [2.05, 4.69) is 20.0 Å². The largest absolute Gasteiger partial charge is 0.464 e. The van der Waals surface area contributed by atoms with Gasteiger partial charge in [0.2, 0.25) is 0 Å². The molecule has 2 N–H and O–H groups in total. The lowest BCUT2D eigenvalue weighted by Crippen LogP contribution is -2.36. The lowest BCUT2D eigenvalue weighted by molar-refractivity contribution is 0.0593. The van der Waals surface area contributed by atoms with Gasteiger partial charge in [0.1, 0.15) is 5.82 Å². The smallest absolute Gasteiger partial charge is 0.358 e. The molecular formula is C11H17N3O3S. The highest BCUT2D eigenvalue weighted by molar-refractivity contribution is 7.98. The van der Waals surface area contributed by atoms with Crippen LogP contribution in [0.2, 0.25) is 0 Å². The van der Waals surface area contributed by atoms with Crippen molar-refractivity contribution in [3.63, 3.8) is 0 Å². The number of thioether (sulfide) groups is 1. The van der Waals surface area contributed by atoms with Crippen molar-refractivity contribution in [2.75, 3.05) is 31.0 Å². The van der Waals surface area contributed by atoms with Gasteiger partial charge in [0.25, 0.3) is 0 Å². The van der Waals surface area contributed by atoms with Crippen LogP contribution in [0.5, 0.6) is 0 Å². The van der Waals surface area contributed by atoms with Crippen LogP contribution in [0.1, 0.15) is 17.4 Å². The Morgan fingerprint density at radius 3 is 2.78 bits per heavy atom. The molecular weight excluding hydrogens is 254 g/mol. The average Bonchev–Trinajstić information content (AvgIpc) is 2.36. The summed E-state index contributed by atoms with van der Waals surface area (Å²) >= 11 is 1.57. The highest BCUT2D eigenvalue weighted by atomic mass is 32.2. The van der Waals surface area contributed by atoms with Crippen LogP contribution in [0.4, 0.5) is 5.82 Å². The first kappa shape index (κ1) is 14.7. The van der Waals surface area contributed by atoms with Crippen LogP contribution in [0.3, 0.4) is 0 Å².